The molecule has 0 saturated heterocycles. The van der Waals surface area contributed by atoms with Gasteiger partial charge in [-0.25, -0.2) is 0 Å². The molecule has 0 atom stereocenters. The molecule has 0 aromatic heterocycles. The summed E-state index contributed by atoms with van der Waals surface area (Å²) in [4.78, 5) is 12.1. The van der Waals surface area contributed by atoms with Crippen molar-refractivity contribution in [3.8, 4) is 0 Å². The van der Waals surface area contributed by atoms with Crippen molar-refractivity contribution >= 4 is 55.1 Å². The fourth-order valence-electron chi connectivity index (χ4n) is 1.59. The van der Waals surface area contributed by atoms with Crippen molar-refractivity contribution < 1.29 is 4.79 Å². The molecule has 19 heavy (non-hydrogen) atoms. The zero-order valence-corrected chi connectivity index (χ0v) is 13.7. The van der Waals surface area contributed by atoms with Crippen LogP contribution >= 0.6 is 43.5 Å². The Balaban J connectivity index is 2.23. The second-order valence-electron chi connectivity index (χ2n) is 3.87. The van der Waals surface area contributed by atoms with Gasteiger partial charge in [0.15, 0.2) is 0 Å². The maximum absolute atomic E-state index is 12.1. The van der Waals surface area contributed by atoms with Gasteiger partial charge in [0.2, 0.25) is 0 Å². The van der Waals surface area contributed by atoms with Crippen LogP contribution in [-0.2, 0) is 5.33 Å². The van der Waals surface area contributed by atoms with Gasteiger partial charge in [0, 0.05) is 21.1 Å². The number of halogens is 3. The summed E-state index contributed by atoms with van der Waals surface area (Å²) in [7, 11) is 0. The van der Waals surface area contributed by atoms with Gasteiger partial charge in [-0.15, -0.1) is 0 Å². The van der Waals surface area contributed by atoms with Gasteiger partial charge in [-0.05, 0) is 45.8 Å². The monoisotopic (exact) mass is 401 g/mol. The van der Waals surface area contributed by atoms with E-state index in [4.69, 9.17) is 11.6 Å². The quantitative estimate of drug-likeness (QED) is 0.697. The van der Waals surface area contributed by atoms with E-state index < -0.39 is 0 Å². The van der Waals surface area contributed by atoms with E-state index in [-0.39, 0.29) is 5.91 Å². The van der Waals surface area contributed by atoms with Crippen LogP contribution in [-0.4, -0.2) is 5.91 Å². The number of amides is 1. The molecule has 5 heteroatoms. The number of hydrogen-bond donors (Lipinski definition) is 1. The molecule has 2 nitrogen and oxygen atoms in total. The molecule has 2 aromatic carbocycles. The van der Waals surface area contributed by atoms with Crippen LogP contribution in [0, 0.1) is 0 Å². The summed E-state index contributed by atoms with van der Waals surface area (Å²) in [5, 5.41) is 4.08. The lowest BCUT2D eigenvalue weighted by atomic mass is 10.1. The largest absolute Gasteiger partial charge is 0.322 e. The van der Waals surface area contributed by atoms with Crippen LogP contribution < -0.4 is 5.32 Å². The number of alkyl halides is 1. The number of hydrogen-bond acceptors (Lipinski definition) is 1. The summed E-state index contributed by atoms with van der Waals surface area (Å²) >= 11 is 12.7. The molecule has 0 aliphatic heterocycles. The van der Waals surface area contributed by atoms with Crippen molar-refractivity contribution in [3.63, 3.8) is 0 Å². The van der Waals surface area contributed by atoms with Crippen molar-refractivity contribution in [2.75, 3.05) is 5.32 Å². The van der Waals surface area contributed by atoms with Gasteiger partial charge in [-0.3, -0.25) is 4.79 Å². The van der Waals surface area contributed by atoms with E-state index in [2.05, 4.69) is 37.2 Å². The molecule has 1 amide bonds. The lowest BCUT2D eigenvalue weighted by molar-refractivity contribution is 0.102. The van der Waals surface area contributed by atoms with Crippen LogP contribution in [0.25, 0.3) is 0 Å². The third kappa shape index (κ3) is 3.59. The minimum atomic E-state index is -0.178. The van der Waals surface area contributed by atoms with Crippen molar-refractivity contribution in [1.82, 2.24) is 0 Å². The smallest absolute Gasteiger partial charge is 0.255 e. The molecule has 0 spiro atoms. The van der Waals surface area contributed by atoms with E-state index >= 15 is 0 Å². The number of anilines is 1. The van der Waals surface area contributed by atoms with Gasteiger partial charge in [-0.2, -0.15) is 0 Å². The van der Waals surface area contributed by atoms with E-state index in [0.29, 0.717) is 15.9 Å². The second kappa shape index (κ2) is 6.55. The van der Waals surface area contributed by atoms with E-state index in [1.54, 1.807) is 18.2 Å². The highest BCUT2D eigenvalue weighted by molar-refractivity contribution is 9.10. The fraction of sp³-hybridized carbons (Fsp3) is 0.0714. The number of carbonyl (C=O) groups excluding carboxylic acids is 1. The summed E-state index contributed by atoms with van der Waals surface area (Å²) in [6.45, 7) is 0. The van der Waals surface area contributed by atoms with E-state index in [1.807, 2.05) is 24.3 Å². The summed E-state index contributed by atoms with van der Waals surface area (Å²) in [6.07, 6.45) is 0. The normalized spacial score (nSPS) is 10.3. The number of benzene rings is 2. The summed E-state index contributed by atoms with van der Waals surface area (Å²) in [5.74, 6) is -0.178. The molecule has 0 fully saturated rings. The molecule has 0 aliphatic carbocycles. The third-order valence-electron chi connectivity index (χ3n) is 2.59. The second-order valence-corrected chi connectivity index (χ2v) is 5.70. The average Bonchev–Trinajstić information content (AvgIpc) is 2.42. The number of nitrogens with one attached hydrogen (secondary N) is 1. The van der Waals surface area contributed by atoms with Crippen LogP contribution in [0.3, 0.4) is 0 Å². The first-order chi connectivity index (χ1) is 9.11. The van der Waals surface area contributed by atoms with Gasteiger partial charge < -0.3 is 5.32 Å². The van der Waals surface area contributed by atoms with Gasteiger partial charge in [0.1, 0.15) is 0 Å². The van der Waals surface area contributed by atoms with Crippen LogP contribution in [0.1, 0.15) is 15.9 Å². The molecule has 1 N–H and O–H groups in total. The first kappa shape index (κ1) is 14.6. The maximum Gasteiger partial charge on any atom is 0.255 e. The fourth-order valence-corrected chi connectivity index (χ4v) is 2.51. The van der Waals surface area contributed by atoms with Crippen molar-refractivity contribution in [1.29, 1.82) is 0 Å². The maximum atomic E-state index is 12.1. The average molecular weight is 404 g/mol. The molecule has 0 heterocycles. The van der Waals surface area contributed by atoms with Crippen LogP contribution in [0.2, 0.25) is 5.02 Å². The molecule has 0 aliphatic rings. The van der Waals surface area contributed by atoms with Crippen molar-refractivity contribution in [3.05, 3.63) is 63.1 Å². The Labute approximate surface area is 133 Å². The Hall–Kier alpha value is -0.840. The van der Waals surface area contributed by atoms with Gasteiger partial charge in [0.25, 0.3) is 5.91 Å². The Kier molecular flexibility index (Phi) is 5.02. The van der Waals surface area contributed by atoms with E-state index in [1.165, 1.54) is 0 Å². The van der Waals surface area contributed by atoms with Gasteiger partial charge >= 0.3 is 0 Å². The van der Waals surface area contributed by atoms with Gasteiger partial charge in [0.05, 0.1) is 5.02 Å². The van der Waals surface area contributed by atoms with E-state index in [9.17, 15) is 4.79 Å². The Bertz CT molecular complexity index is 616. The van der Waals surface area contributed by atoms with Crippen LogP contribution in [0.4, 0.5) is 5.69 Å². The molecule has 0 saturated carbocycles. The van der Waals surface area contributed by atoms with Crippen molar-refractivity contribution in [2.45, 2.75) is 5.33 Å². The zero-order valence-electron chi connectivity index (χ0n) is 9.79. The van der Waals surface area contributed by atoms with Crippen LogP contribution in [0.5, 0.6) is 0 Å². The SMILES string of the molecule is O=C(Nc1ccccc1CBr)c1ccc(Br)c(Cl)c1. The van der Waals surface area contributed by atoms with Crippen LogP contribution in [0.15, 0.2) is 46.9 Å². The predicted octanol–water partition coefficient (Wildman–Crippen LogP) is 5.25. The van der Waals surface area contributed by atoms with Crippen molar-refractivity contribution in [2.24, 2.45) is 0 Å². The summed E-state index contributed by atoms with van der Waals surface area (Å²) in [5.41, 5.74) is 2.35. The highest BCUT2D eigenvalue weighted by Crippen LogP contribution is 2.24. The highest BCUT2D eigenvalue weighted by atomic mass is 79.9. The molecule has 0 radical (unpaired) electrons. The Morgan fingerprint density at radius 1 is 1.21 bits per heavy atom. The standard InChI is InChI=1S/C14H10Br2ClNO/c15-8-10-3-1-2-4-13(10)18-14(19)9-5-6-11(16)12(17)7-9/h1-7H,8H2,(H,18,19). The number of para-hydroxylation sites is 1. The van der Waals surface area contributed by atoms with E-state index in [0.717, 1.165) is 15.7 Å². The Morgan fingerprint density at radius 2 is 1.95 bits per heavy atom. The molecule has 2 aromatic rings. The third-order valence-corrected chi connectivity index (χ3v) is 4.43. The first-order valence-electron chi connectivity index (χ1n) is 5.52. The highest BCUT2D eigenvalue weighted by Gasteiger charge is 2.10. The zero-order chi connectivity index (χ0) is 13.8. The molecule has 0 unspecified atom stereocenters. The lowest BCUT2D eigenvalue weighted by Crippen LogP contribution is -2.13. The minimum absolute atomic E-state index is 0.178. The Morgan fingerprint density at radius 3 is 2.63 bits per heavy atom. The number of carbonyl (C=O) groups is 1. The summed E-state index contributed by atoms with van der Waals surface area (Å²) in [6, 6.07) is 12.8. The molecular formula is C14H10Br2ClNO. The number of rotatable bonds is 3. The topological polar surface area (TPSA) is 29.1 Å². The lowest BCUT2D eigenvalue weighted by Gasteiger charge is -2.09. The summed E-state index contributed by atoms with van der Waals surface area (Å²) < 4.78 is 0.770. The minimum Gasteiger partial charge on any atom is -0.322 e. The van der Waals surface area contributed by atoms with Gasteiger partial charge in [-0.1, -0.05) is 45.7 Å². The predicted molar refractivity (Wildman–Crippen MR) is 86.2 cm³/mol. The molecular weight excluding hydrogens is 393 g/mol. The molecule has 0 bridgehead atoms. The first-order valence-corrected chi connectivity index (χ1v) is 7.81. The molecule has 98 valence electrons. The molecule has 2 rings (SSSR count).